The minimum Gasteiger partial charge on any atom is -0.251 e. The van der Waals surface area contributed by atoms with Crippen LogP contribution in [0.15, 0.2) is 66.7 Å². The molecule has 0 radical (unpaired) electrons. The molecule has 3 rings (SSSR count). The molecular formula is C21H18N2. The highest BCUT2D eigenvalue weighted by Crippen LogP contribution is 2.32. The van der Waals surface area contributed by atoms with Crippen molar-refractivity contribution < 1.29 is 0 Å². The highest BCUT2D eigenvalue weighted by molar-refractivity contribution is 5.76. The van der Waals surface area contributed by atoms with Crippen molar-refractivity contribution in [2.24, 2.45) is 0 Å². The smallest absolute Gasteiger partial charge is 0.102 e. The second-order valence-electron chi connectivity index (χ2n) is 5.81. The molecule has 0 saturated carbocycles. The van der Waals surface area contributed by atoms with Gasteiger partial charge in [0.2, 0.25) is 0 Å². The molecule has 2 heteroatoms. The van der Waals surface area contributed by atoms with E-state index in [0.29, 0.717) is 5.56 Å². The first-order valence-corrected chi connectivity index (χ1v) is 7.76. The summed E-state index contributed by atoms with van der Waals surface area (Å²) < 4.78 is 0. The summed E-state index contributed by atoms with van der Waals surface area (Å²) in [6.45, 7) is 4.15. The molecule has 2 aromatic carbocycles. The Morgan fingerprint density at radius 2 is 1.43 bits per heavy atom. The van der Waals surface area contributed by atoms with Gasteiger partial charge in [-0.2, -0.15) is 5.26 Å². The number of rotatable bonds is 3. The first kappa shape index (κ1) is 15.0. The number of hydrogen-bond acceptors (Lipinski definition) is 2. The van der Waals surface area contributed by atoms with Crippen LogP contribution in [0.3, 0.4) is 0 Å². The lowest BCUT2D eigenvalue weighted by Crippen LogP contribution is -2.02. The third kappa shape index (κ3) is 3.00. The maximum atomic E-state index is 9.68. The third-order valence-corrected chi connectivity index (χ3v) is 3.86. The summed E-state index contributed by atoms with van der Waals surface area (Å²) >= 11 is 0. The zero-order valence-electron chi connectivity index (χ0n) is 13.3. The van der Waals surface area contributed by atoms with Gasteiger partial charge < -0.3 is 0 Å². The predicted molar refractivity (Wildman–Crippen MR) is 93.9 cm³/mol. The van der Waals surface area contributed by atoms with Crippen molar-refractivity contribution in [2.45, 2.75) is 19.8 Å². The normalized spacial score (nSPS) is 10.5. The van der Waals surface area contributed by atoms with Crippen LogP contribution in [0.1, 0.15) is 31.0 Å². The molecule has 2 nitrogen and oxygen atoms in total. The first-order chi connectivity index (χ1) is 11.2. The van der Waals surface area contributed by atoms with Crippen LogP contribution >= 0.6 is 0 Å². The van der Waals surface area contributed by atoms with Gasteiger partial charge in [0.25, 0.3) is 0 Å². The second kappa shape index (κ2) is 6.46. The molecule has 0 aliphatic heterocycles. The molecule has 0 unspecified atom stereocenters. The van der Waals surface area contributed by atoms with Crippen molar-refractivity contribution >= 4 is 0 Å². The maximum Gasteiger partial charge on any atom is 0.102 e. The van der Waals surface area contributed by atoms with E-state index in [0.717, 1.165) is 28.1 Å². The number of nitriles is 1. The van der Waals surface area contributed by atoms with Crippen LogP contribution in [-0.4, -0.2) is 4.98 Å². The van der Waals surface area contributed by atoms with Gasteiger partial charge in [-0.3, -0.25) is 4.98 Å². The Morgan fingerprint density at radius 3 is 1.96 bits per heavy atom. The van der Waals surface area contributed by atoms with Crippen molar-refractivity contribution in [3.8, 4) is 28.5 Å². The fourth-order valence-corrected chi connectivity index (χ4v) is 2.70. The Balaban J connectivity index is 2.29. The van der Waals surface area contributed by atoms with Gasteiger partial charge in [-0.15, -0.1) is 0 Å². The van der Waals surface area contributed by atoms with Gasteiger partial charge in [0.05, 0.1) is 17.0 Å². The highest BCUT2D eigenvalue weighted by atomic mass is 14.7. The van der Waals surface area contributed by atoms with Gasteiger partial charge in [0.15, 0.2) is 0 Å². The molecule has 0 amide bonds. The van der Waals surface area contributed by atoms with Crippen LogP contribution in [0.4, 0.5) is 0 Å². The van der Waals surface area contributed by atoms with Gasteiger partial charge >= 0.3 is 0 Å². The van der Waals surface area contributed by atoms with E-state index in [1.165, 1.54) is 0 Å². The molecule has 0 spiro atoms. The van der Waals surface area contributed by atoms with Crippen LogP contribution < -0.4 is 0 Å². The van der Waals surface area contributed by atoms with Crippen molar-refractivity contribution in [1.82, 2.24) is 4.98 Å². The average Bonchev–Trinajstić information content (AvgIpc) is 2.62. The van der Waals surface area contributed by atoms with Crippen molar-refractivity contribution in [1.29, 1.82) is 5.26 Å². The summed E-state index contributed by atoms with van der Waals surface area (Å²) in [6, 6.07) is 24.5. The van der Waals surface area contributed by atoms with Crippen LogP contribution in [0.2, 0.25) is 0 Å². The number of pyridine rings is 1. The Hall–Kier alpha value is -2.92. The molecule has 0 N–H and O–H groups in total. The lowest BCUT2D eigenvalue weighted by atomic mass is 9.93. The number of nitrogens with zero attached hydrogens (tertiary/aromatic N) is 2. The summed E-state index contributed by atoms with van der Waals surface area (Å²) in [5.74, 6) is 0.191. The fraction of sp³-hybridized carbons (Fsp3) is 0.143. The van der Waals surface area contributed by atoms with E-state index in [9.17, 15) is 5.26 Å². The predicted octanol–water partition coefficient (Wildman–Crippen LogP) is 5.41. The summed E-state index contributed by atoms with van der Waals surface area (Å²) in [6.07, 6.45) is 0. The van der Waals surface area contributed by atoms with Crippen molar-refractivity contribution in [3.63, 3.8) is 0 Å². The Labute approximate surface area is 137 Å². The Bertz CT molecular complexity index is 844. The quantitative estimate of drug-likeness (QED) is 0.648. The van der Waals surface area contributed by atoms with E-state index in [1.807, 2.05) is 66.7 Å². The van der Waals surface area contributed by atoms with Gasteiger partial charge in [-0.05, 0) is 17.5 Å². The number of hydrogen-bond donors (Lipinski definition) is 0. The van der Waals surface area contributed by atoms with E-state index in [-0.39, 0.29) is 5.92 Å². The van der Waals surface area contributed by atoms with E-state index >= 15 is 0 Å². The standard InChI is InChI=1S/C21H18N2/c1-15(2)21-19(14-22)18(16-9-5-3-6-10-16)13-20(23-21)17-11-7-4-8-12-17/h3-13,15H,1-2H3. The zero-order chi connectivity index (χ0) is 16.2. The first-order valence-electron chi connectivity index (χ1n) is 7.76. The van der Waals surface area contributed by atoms with Crippen LogP contribution in [-0.2, 0) is 0 Å². The summed E-state index contributed by atoms with van der Waals surface area (Å²) in [7, 11) is 0. The van der Waals surface area contributed by atoms with E-state index in [2.05, 4.69) is 19.9 Å². The molecule has 0 atom stereocenters. The van der Waals surface area contributed by atoms with Gasteiger partial charge in [0.1, 0.15) is 6.07 Å². The second-order valence-corrected chi connectivity index (χ2v) is 5.81. The third-order valence-electron chi connectivity index (χ3n) is 3.86. The molecule has 112 valence electrons. The average molecular weight is 298 g/mol. The molecule has 0 saturated heterocycles. The summed E-state index contributed by atoms with van der Waals surface area (Å²) in [5, 5.41) is 9.68. The van der Waals surface area contributed by atoms with E-state index in [1.54, 1.807) is 0 Å². The van der Waals surface area contributed by atoms with Crippen LogP contribution in [0.5, 0.6) is 0 Å². The molecule has 0 aliphatic carbocycles. The fourth-order valence-electron chi connectivity index (χ4n) is 2.70. The van der Waals surface area contributed by atoms with Gasteiger partial charge in [-0.25, -0.2) is 0 Å². The van der Waals surface area contributed by atoms with E-state index < -0.39 is 0 Å². The molecule has 1 heterocycles. The zero-order valence-corrected chi connectivity index (χ0v) is 13.3. The van der Waals surface area contributed by atoms with Gasteiger partial charge in [0, 0.05) is 11.1 Å². The van der Waals surface area contributed by atoms with Crippen molar-refractivity contribution in [3.05, 3.63) is 78.0 Å². The lowest BCUT2D eigenvalue weighted by Gasteiger charge is -2.14. The number of benzene rings is 2. The highest BCUT2D eigenvalue weighted by Gasteiger charge is 2.17. The van der Waals surface area contributed by atoms with Gasteiger partial charge in [-0.1, -0.05) is 74.5 Å². The molecule has 0 fully saturated rings. The largest absolute Gasteiger partial charge is 0.251 e. The Kier molecular flexibility index (Phi) is 4.21. The maximum absolute atomic E-state index is 9.68. The summed E-state index contributed by atoms with van der Waals surface area (Å²) in [5.41, 5.74) is 5.50. The molecular weight excluding hydrogens is 280 g/mol. The van der Waals surface area contributed by atoms with E-state index in [4.69, 9.17) is 4.98 Å². The molecule has 0 aliphatic rings. The lowest BCUT2D eigenvalue weighted by molar-refractivity contribution is 0.820. The molecule has 1 aromatic heterocycles. The SMILES string of the molecule is CC(C)c1nc(-c2ccccc2)cc(-c2ccccc2)c1C#N. The Morgan fingerprint density at radius 1 is 0.870 bits per heavy atom. The van der Waals surface area contributed by atoms with Crippen LogP contribution in [0.25, 0.3) is 22.4 Å². The molecule has 3 aromatic rings. The summed E-state index contributed by atoms with van der Waals surface area (Å²) in [4.78, 5) is 4.78. The van der Waals surface area contributed by atoms with Crippen molar-refractivity contribution in [2.75, 3.05) is 0 Å². The van der Waals surface area contributed by atoms with Crippen LogP contribution in [0, 0.1) is 11.3 Å². The minimum atomic E-state index is 0.191. The molecule has 23 heavy (non-hydrogen) atoms. The topological polar surface area (TPSA) is 36.7 Å². The molecule has 0 bridgehead atoms. The number of aromatic nitrogens is 1. The monoisotopic (exact) mass is 298 g/mol. The minimum absolute atomic E-state index is 0.191.